The first-order valence-electron chi connectivity index (χ1n) is 10.2. The van der Waals surface area contributed by atoms with Gasteiger partial charge in [0.25, 0.3) is 0 Å². The van der Waals surface area contributed by atoms with E-state index in [-0.39, 0.29) is 12.8 Å². The molecule has 15 heteroatoms. The van der Waals surface area contributed by atoms with Gasteiger partial charge in [-0.05, 0) is 46.5 Å². The van der Waals surface area contributed by atoms with E-state index in [1.165, 1.54) is 4.90 Å². The molecule has 0 radical (unpaired) electrons. The van der Waals surface area contributed by atoms with Gasteiger partial charge in [0.1, 0.15) is 12.2 Å². The van der Waals surface area contributed by atoms with Crippen molar-refractivity contribution in [1.82, 2.24) is 4.90 Å². The van der Waals surface area contributed by atoms with E-state index in [1.807, 2.05) is 0 Å². The van der Waals surface area contributed by atoms with Crippen molar-refractivity contribution in [1.29, 1.82) is 0 Å². The zero-order chi connectivity index (χ0) is 26.6. The fourth-order valence-electron chi connectivity index (χ4n) is 3.30. The van der Waals surface area contributed by atoms with Crippen molar-refractivity contribution in [2.75, 3.05) is 19.8 Å². The van der Waals surface area contributed by atoms with Gasteiger partial charge >= 0.3 is 36.2 Å². The third-order valence-corrected chi connectivity index (χ3v) is 4.80. The van der Waals surface area contributed by atoms with Crippen molar-refractivity contribution in [3.8, 4) is 0 Å². The van der Waals surface area contributed by atoms with Crippen LogP contribution in [-0.2, 0) is 19.0 Å². The highest BCUT2D eigenvalue weighted by molar-refractivity contribution is 5.70. The Morgan fingerprint density at radius 3 is 1.85 bits per heavy atom. The summed E-state index contributed by atoms with van der Waals surface area (Å²) in [6, 6.07) is -0.430. The maximum Gasteiger partial charge on any atom is 0.435 e. The number of rotatable bonds is 7. The fraction of sp³-hybridized carbons (Fsp3) is 0.895. The number of carbonyl (C=O) groups is 2. The number of hydrogen-bond donors (Lipinski definition) is 0. The summed E-state index contributed by atoms with van der Waals surface area (Å²) >= 11 is 0. The van der Waals surface area contributed by atoms with Crippen molar-refractivity contribution in [3.05, 3.63) is 0 Å². The van der Waals surface area contributed by atoms with Gasteiger partial charge in [-0.1, -0.05) is 0 Å². The van der Waals surface area contributed by atoms with E-state index in [9.17, 15) is 49.1 Å². The number of amides is 1. The SMILES string of the molecule is CC(C)(C)OC(=O)N1CCCC[C@H]1CCC(=O)OCCOC(C(F)(F)F)(C(F)(F)F)C(F)(F)F. The third-order valence-electron chi connectivity index (χ3n) is 4.80. The molecule has 200 valence electrons. The molecule has 1 saturated heterocycles. The second-order valence-electron chi connectivity index (χ2n) is 8.61. The van der Waals surface area contributed by atoms with Crippen LogP contribution in [0.1, 0.15) is 52.9 Å². The van der Waals surface area contributed by atoms with Gasteiger partial charge in [-0.2, -0.15) is 39.5 Å². The minimum absolute atomic E-state index is 0.0521. The van der Waals surface area contributed by atoms with Crippen LogP contribution in [0.3, 0.4) is 0 Å². The Morgan fingerprint density at radius 2 is 1.38 bits per heavy atom. The molecule has 0 bridgehead atoms. The van der Waals surface area contributed by atoms with Crippen LogP contribution >= 0.6 is 0 Å². The molecule has 0 N–H and O–H groups in total. The Balaban J connectivity index is 2.66. The van der Waals surface area contributed by atoms with Crippen LogP contribution in [0.15, 0.2) is 0 Å². The molecule has 0 aromatic carbocycles. The predicted octanol–water partition coefficient (Wildman–Crippen LogP) is 5.54. The Bertz CT molecular complexity index is 662. The van der Waals surface area contributed by atoms with Crippen LogP contribution in [0.2, 0.25) is 0 Å². The zero-order valence-corrected chi connectivity index (χ0v) is 18.6. The molecule has 0 unspecified atom stereocenters. The van der Waals surface area contributed by atoms with Crippen LogP contribution in [0.25, 0.3) is 0 Å². The number of nitrogens with zero attached hydrogens (tertiary/aromatic N) is 1. The summed E-state index contributed by atoms with van der Waals surface area (Å²) in [4.78, 5) is 25.6. The molecule has 1 aliphatic rings. The first-order chi connectivity index (χ1) is 15.2. The second kappa shape index (κ2) is 10.8. The molecule has 0 saturated carbocycles. The van der Waals surface area contributed by atoms with E-state index in [4.69, 9.17) is 4.74 Å². The van der Waals surface area contributed by atoms with Crippen molar-refractivity contribution < 1.29 is 63.3 Å². The second-order valence-corrected chi connectivity index (χ2v) is 8.61. The van der Waals surface area contributed by atoms with Crippen molar-refractivity contribution in [3.63, 3.8) is 0 Å². The molecular weight excluding hydrogens is 493 g/mol. The number of esters is 1. The van der Waals surface area contributed by atoms with Gasteiger partial charge in [-0.25, -0.2) is 4.79 Å². The average Bonchev–Trinajstić information content (AvgIpc) is 2.61. The monoisotopic (exact) mass is 519 g/mol. The molecule has 1 fully saturated rings. The van der Waals surface area contributed by atoms with E-state index >= 15 is 0 Å². The first-order valence-corrected chi connectivity index (χ1v) is 10.2. The van der Waals surface area contributed by atoms with Gasteiger partial charge in [0.05, 0.1) is 6.61 Å². The summed E-state index contributed by atoms with van der Waals surface area (Å²) < 4.78 is 128. The summed E-state index contributed by atoms with van der Waals surface area (Å²) in [5.74, 6) is -1.09. The highest BCUT2D eigenvalue weighted by Crippen LogP contribution is 2.54. The lowest BCUT2D eigenvalue weighted by atomic mass is 9.98. The van der Waals surface area contributed by atoms with E-state index in [1.54, 1.807) is 20.8 Å². The largest absolute Gasteiger partial charge is 0.463 e. The van der Waals surface area contributed by atoms with Gasteiger partial charge in [-0.3, -0.25) is 4.79 Å². The highest BCUT2D eigenvalue weighted by Gasteiger charge is 2.85. The summed E-state index contributed by atoms with van der Waals surface area (Å²) in [5.41, 5.74) is -7.19. The van der Waals surface area contributed by atoms with E-state index < -0.39 is 61.0 Å². The normalized spacial score (nSPS) is 18.6. The topological polar surface area (TPSA) is 65.1 Å². The van der Waals surface area contributed by atoms with Gasteiger partial charge in [0.2, 0.25) is 0 Å². The lowest BCUT2D eigenvalue weighted by molar-refractivity contribution is -0.457. The maximum absolute atomic E-state index is 12.8. The van der Waals surface area contributed by atoms with Crippen LogP contribution in [0.5, 0.6) is 0 Å². The van der Waals surface area contributed by atoms with Crippen LogP contribution in [0, 0.1) is 0 Å². The third kappa shape index (κ3) is 7.54. The van der Waals surface area contributed by atoms with Crippen LogP contribution in [0.4, 0.5) is 44.3 Å². The standard InChI is InChI=1S/C19H26F9NO5/c1-15(2,3)34-14(31)29-9-5-4-6-12(29)7-8-13(30)32-10-11-33-16(17(20,21)22,18(23,24)25)19(26,27)28/h12H,4-11H2,1-3H3/t12-/m0/s1. The fourth-order valence-corrected chi connectivity index (χ4v) is 3.30. The summed E-state index contributed by atoms with van der Waals surface area (Å²) in [7, 11) is 0. The number of piperidine rings is 1. The Kier molecular flexibility index (Phi) is 9.54. The molecule has 1 aliphatic heterocycles. The van der Waals surface area contributed by atoms with Gasteiger partial charge in [0.15, 0.2) is 0 Å². The van der Waals surface area contributed by atoms with E-state index in [2.05, 4.69) is 9.47 Å². The van der Waals surface area contributed by atoms with Crippen LogP contribution in [-0.4, -0.2) is 72.5 Å². The average molecular weight is 519 g/mol. The van der Waals surface area contributed by atoms with Gasteiger partial charge in [0, 0.05) is 19.0 Å². The highest BCUT2D eigenvalue weighted by atomic mass is 19.4. The minimum Gasteiger partial charge on any atom is -0.463 e. The quantitative estimate of drug-likeness (QED) is 0.251. The summed E-state index contributed by atoms with van der Waals surface area (Å²) in [5, 5.41) is 0. The molecule has 6 nitrogen and oxygen atoms in total. The number of ether oxygens (including phenoxy) is 3. The van der Waals surface area contributed by atoms with Gasteiger partial charge in [-0.15, -0.1) is 0 Å². The molecular formula is C19H26F9NO5. The smallest absolute Gasteiger partial charge is 0.435 e. The Morgan fingerprint density at radius 1 is 0.853 bits per heavy atom. The number of hydrogen-bond acceptors (Lipinski definition) is 5. The molecule has 1 rings (SSSR count). The molecule has 0 aromatic heterocycles. The maximum atomic E-state index is 12.8. The van der Waals surface area contributed by atoms with Crippen LogP contribution < -0.4 is 0 Å². The molecule has 1 heterocycles. The Labute approximate surface area is 189 Å². The number of alkyl halides is 9. The van der Waals surface area contributed by atoms with Gasteiger partial charge < -0.3 is 19.1 Å². The van der Waals surface area contributed by atoms with E-state index in [0.717, 1.165) is 6.42 Å². The lowest BCUT2D eigenvalue weighted by Gasteiger charge is -2.37. The predicted molar refractivity (Wildman–Crippen MR) is 97.6 cm³/mol. The summed E-state index contributed by atoms with van der Waals surface area (Å²) in [6.45, 7) is 2.26. The summed E-state index contributed by atoms with van der Waals surface area (Å²) in [6.07, 6.45) is -19.6. The number of halogens is 9. The molecule has 0 spiro atoms. The minimum atomic E-state index is -6.86. The molecule has 34 heavy (non-hydrogen) atoms. The molecule has 1 atom stereocenters. The number of carbonyl (C=O) groups excluding carboxylic acids is 2. The molecule has 0 aliphatic carbocycles. The first kappa shape index (κ1) is 30.1. The van der Waals surface area contributed by atoms with E-state index in [0.29, 0.717) is 19.4 Å². The lowest BCUT2D eigenvalue weighted by Crippen LogP contribution is -2.68. The molecule has 1 amide bonds. The molecule has 0 aromatic rings. The van der Waals surface area contributed by atoms with Crippen molar-refractivity contribution in [2.24, 2.45) is 0 Å². The Hall–Kier alpha value is -1.93. The zero-order valence-electron chi connectivity index (χ0n) is 18.6. The van der Waals surface area contributed by atoms with Crippen molar-refractivity contribution >= 4 is 12.1 Å². The van der Waals surface area contributed by atoms with Crippen molar-refractivity contribution in [2.45, 2.75) is 88.6 Å². The number of likely N-dealkylation sites (tertiary alicyclic amines) is 1.